The summed E-state index contributed by atoms with van der Waals surface area (Å²) in [5.74, 6) is -0.0151. The van der Waals surface area contributed by atoms with Crippen molar-refractivity contribution in [3.8, 4) is 0 Å². The Balaban J connectivity index is 2.06. The lowest BCUT2D eigenvalue weighted by atomic mass is 10.2. The number of pyridine rings is 1. The lowest BCUT2D eigenvalue weighted by Crippen LogP contribution is -2.25. The molecule has 1 amide bonds. The molecule has 0 unspecified atom stereocenters. The van der Waals surface area contributed by atoms with Crippen LogP contribution in [0, 0.1) is 0 Å². The lowest BCUT2D eigenvalue weighted by Gasteiger charge is -2.15. The number of amides is 1. The van der Waals surface area contributed by atoms with Crippen LogP contribution in [0.25, 0.3) is 0 Å². The van der Waals surface area contributed by atoms with Crippen molar-refractivity contribution in [1.29, 1.82) is 0 Å². The topological polar surface area (TPSA) is 33.2 Å². The fourth-order valence-electron chi connectivity index (χ4n) is 1.45. The van der Waals surface area contributed by atoms with Crippen LogP contribution in [-0.2, 0) is 6.54 Å². The predicted octanol–water partition coefficient (Wildman–Crippen LogP) is 3.07. The smallest absolute Gasteiger partial charge is 0.264 e. The van der Waals surface area contributed by atoms with Gasteiger partial charge < -0.3 is 4.90 Å². The van der Waals surface area contributed by atoms with Crippen LogP contribution >= 0.6 is 22.9 Å². The highest BCUT2D eigenvalue weighted by molar-refractivity contribution is 7.17. The summed E-state index contributed by atoms with van der Waals surface area (Å²) in [5.41, 5.74) is 1.05. The van der Waals surface area contributed by atoms with Gasteiger partial charge in [0.15, 0.2) is 0 Å². The molecule has 2 aromatic rings. The van der Waals surface area contributed by atoms with Crippen molar-refractivity contribution in [3.05, 3.63) is 51.4 Å². The molecule has 2 heterocycles. The first-order valence-electron chi connectivity index (χ1n) is 5.06. The van der Waals surface area contributed by atoms with Crippen molar-refractivity contribution in [2.75, 3.05) is 7.05 Å². The normalized spacial score (nSPS) is 10.2. The third kappa shape index (κ3) is 3.05. The number of aromatic nitrogens is 1. The first-order chi connectivity index (χ1) is 8.16. The fraction of sp³-hybridized carbons (Fsp3) is 0.167. The van der Waals surface area contributed by atoms with Crippen molar-refractivity contribution >= 4 is 28.8 Å². The number of halogens is 1. The molecule has 0 atom stereocenters. The van der Waals surface area contributed by atoms with E-state index < -0.39 is 0 Å². The van der Waals surface area contributed by atoms with Crippen LogP contribution in [0.2, 0.25) is 4.34 Å². The van der Waals surface area contributed by atoms with Crippen molar-refractivity contribution in [3.63, 3.8) is 0 Å². The van der Waals surface area contributed by atoms with Crippen molar-refractivity contribution in [2.45, 2.75) is 6.54 Å². The minimum Gasteiger partial charge on any atom is -0.337 e. The molecule has 0 aliphatic rings. The van der Waals surface area contributed by atoms with Gasteiger partial charge in [0.05, 0.1) is 9.21 Å². The zero-order chi connectivity index (χ0) is 12.3. The predicted molar refractivity (Wildman–Crippen MR) is 69.4 cm³/mol. The quantitative estimate of drug-likeness (QED) is 0.855. The number of carbonyl (C=O) groups is 1. The minimum absolute atomic E-state index is 0.0151. The van der Waals surface area contributed by atoms with Crippen LogP contribution in [0.1, 0.15) is 15.2 Å². The zero-order valence-electron chi connectivity index (χ0n) is 9.26. The van der Waals surface area contributed by atoms with E-state index in [1.807, 2.05) is 12.1 Å². The molecule has 0 spiro atoms. The highest BCUT2D eigenvalue weighted by atomic mass is 35.5. The number of rotatable bonds is 3. The summed E-state index contributed by atoms with van der Waals surface area (Å²) >= 11 is 7.11. The zero-order valence-corrected chi connectivity index (χ0v) is 10.8. The molecule has 0 saturated carbocycles. The van der Waals surface area contributed by atoms with Gasteiger partial charge in [0.2, 0.25) is 0 Å². The van der Waals surface area contributed by atoms with Crippen LogP contribution in [0.3, 0.4) is 0 Å². The standard InChI is InChI=1S/C12H11ClN2OS/c1-15(8-9-4-6-14-7-5-9)12(16)10-2-3-11(13)17-10/h2-7H,8H2,1H3. The fourth-order valence-corrected chi connectivity index (χ4v) is 2.49. The van der Waals surface area contributed by atoms with Crippen LogP contribution in [0.15, 0.2) is 36.7 Å². The highest BCUT2D eigenvalue weighted by Crippen LogP contribution is 2.22. The Hall–Kier alpha value is -1.39. The number of hydrogen-bond donors (Lipinski definition) is 0. The van der Waals surface area contributed by atoms with Gasteiger partial charge in [0.1, 0.15) is 0 Å². The Bertz CT molecular complexity index is 512. The molecule has 0 N–H and O–H groups in total. The molecule has 88 valence electrons. The summed E-state index contributed by atoms with van der Waals surface area (Å²) in [6, 6.07) is 7.27. The van der Waals surface area contributed by atoms with E-state index >= 15 is 0 Å². The van der Waals surface area contributed by atoms with Crippen LogP contribution < -0.4 is 0 Å². The largest absolute Gasteiger partial charge is 0.337 e. The van der Waals surface area contributed by atoms with E-state index in [1.165, 1.54) is 11.3 Å². The molecular formula is C12H11ClN2OS. The van der Waals surface area contributed by atoms with Gasteiger partial charge in [0, 0.05) is 26.0 Å². The SMILES string of the molecule is CN(Cc1ccncc1)C(=O)c1ccc(Cl)s1. The summed E-state index contributed by atoms with van der Waals surface area (Å²) in [5, 5.41) is 0. The van der Waals surface area contributed by atoms with Gasteiger partial charge in [-0.3, -0.25) is 9.78 Å². The molecule has 0 bridgehead atoms. The number of thiophene rings is 1. The van der Waals surface area contributed by atoms with Gasteiger partial charge in [-0.05, 0) is 29.8 Å². The van der Waals surface area contributed by atoms with E-state index in [2.05, 4.69) is 4.98 Å². The molecule has 2 rings (SSSR count). The Morgan fingerprint density at radius 3 is 2.65 bits per heavy atom. The molecule has 0 radical (unpaired) electrons. The lowest BCUT2D eigenvalue weighted by molar-refractivity contribution is 0.0790. The number of carbonyl (C=O) groups excluding carboxylic acids is 1. The second kappa shape index (κ2) is 5.29. The summed E-state index contributed by atoms with van der Waals surface area (Å²) in [4.78, 5) is 18.3. The van der Waals surface area contributed by atoms with Gasteiger partial charge in [0.25, 0.3) is 5.91 Å². The monoisotopic (exact) mass is 266 g/mol. The highest BCUT2D eigenvalue weighted by Gasteiger charge is 2.13. The molecule has 0 aromatic carbocycles. The van der Waals surface area contributed by atoms with Crippen molar-refractivity contribution in [1.82, 2.24) is 9.88 Å². The Morgan fingerprint density at radius 1 is 1.35 bits per heavy atom. The Labute approximate surface area is 109 Å². The van der Waals surface area contributed by atoms with E-state index in [-0.39, 0.29) is 5.91 Å². The van der Waals surface area contributed by atoms with Gasteiger partial charge in [-0.15, -0.1) is 11.3 Å². The minimum atomic E-state index is -0.0151. The van der Waals surface area contributed by atoms with E-state index in [1.54, 1.807) is 36.5 Å². The second-order valence-electron chi connectivity index (χ2n) is 3.62. The molecule has 3 nitrogen and oxygen atoms in total. The van der Waals surface area contributed by atoms with Gasteiger partial charge in [-0.2, -0.15) is 0 Å². The first-order valence-corrected chi connectivity index (χ1v) is 6.26. The van der Waals surface area contributed by atoms with E-state index in [0.29, 0.717) is 15.8 Å². The third-order valence-electron chi connectivity index (χ3n) is 2.30. The van der Waals surface area contributed by atoms with Gasteiger partial charge >= 0.3 is 0 Å². The summed E-state index contributed by atoms with van der Waals surface area (Å²) < 4.78 is 0.630. The summed E-state index contributed by atoms with van der Waals surface area (Å²) in [6.45, 7) is 0.566. The molecule has 5 heteroatoms. The van der Waals surface area contributed by atoms with Gasteiger partial charge in [-0.25, -0.2) is 0 Å². The van der Waals surface area contributed by atoms with Crippen LogP contribution in [-0.4, -0.2) is 22.8 Å². The average molecular weight is 267 g/mol. The maximum Gasteiger partial charge on any atom is 0.264 e. The Kier molecular flexibility index (Phi) is 3.76. The molecule has 0 fully saturated rings. The molecular weight excluding hydrogens is 256 g/mol. The molecule has 0 aliphatic carbocycles. The molecule has 0 saturated heterocycles. The molecule has 0 aliphatic heterocycles. The maximum atomic E-state index is 12.0. The second-order valence-corrected chi connectivity index (χ2v) is 5.34. The number of hydrogen-bond acceptors (Lipinski definition) is 3. The van der Waals surface area contributed by atoms with Crippen LogP contribution in [0.4, 0.5) is 0 Å². The van der Waals surface area contributed by atoms with Gasteiger partial charge in [-0.1, -0.05) is 11.6 Å². The van der Waals surface area contributed by atoms with Crippen molar-refractivity contribution < 1.29 is 4.79 Å². The number of nitrogens with zero attached hydrogens (tertiary/aromatic N) is 2. The summed E-state index contributed by atoms with van der Waals surface area (Å²) in [7, 11) is 1.77. The first kappa shape index (κ1) is 12.1. The van der Waals surface area contributed by atoms with E-state index in [0.717, 1.165) is 5.56 Å². The van der Waals surface area contributed by atoms with Crippen molar-refractivity contribution in [2.24, 2.45) is 0 Å². The third-order valence-corrected chi connectivity index (χ3v) is 3.52. The van der Waals surface area contributed by atoms with E-state index in [4.69, 9.17) is 11.6 Å². The molecule has 17 heavy (non-hydrogen) atoms. The average Bonchev–Trinajstić information content (AvgIpc) is 2.76. The van der Waals surface area contributed by atoms with Crippen LogP contribution in [0.5, 0.6) is 0 Å². The maximum absolute atomic E-state index is 12.0. The Morgan fingerprint density at radius 2 is 2.06 bits per heavy atom. The molecule has 2 aromatic heterocycles. The summed E-state index contributed by atoms with van der Waals surface area (Å²) in [6.07, 6.45) is 3.44. The van der Waals surface area contributed by atoms with E-state index in [9.17, 15) is 4.79 Å².